The lowest BCUT2D eigenvalue weighted by atomic mass is 9.77. The van der Waals surface area contributed by atoms with E-state index >= 15 is 0 Å². The second-order valence-electron chi connectivity index (χ2n) is 5.04. The maximum absolute atomic E-state index is 8.72. The van der Waals surface area contributed by atoms with Gasteiger partial charge in [-0.15, -0.1) is 0 Å². The Morgan fingerprint density at radius 2 is 2.00 bits per heavy atom. The molecular formula is C12H20N2. The third kappa shape index (κ3) is 1.66. The highest BCUT2D eigenvalue weighted by Crippen LogP contribution is 2.46. The average Bonchev–Trinajstić information content (AvgIpc) is 2.60. The van der Waals surface area contributed by atoms with Gasteiger partial charge in [-0.25, -0.2) is 0 Å². The highest BCUT2D eigenvalue weighted by Gasteiger charge is 2.46. The third-order valence-electron chi connectivity index (χ3n) is 4.06. The lowest BCUT2D eigenvalue weighted by Gasteiger charge is -2.51. The second-order valence-corrected chi connectivity index (χ2v) is 5.04. The van der Waals surface area contributed by atoms with E-state index in [9.17, 15) is 0 Å². The molecule has 1 saturated heterocycles. The van der Waals surface area contributed by atoms with Crippen molar-refractivity contribution in [3.63, 3.8) is 0 Å². The molecule has 0 N–H and O–H groups in total. The van der Waals surface area contributed by atoms with Crippen molar-refractivity contribution in [3.8, 4) is 6.07 Å². The minimum absolute atomic E-state index is 0.534. The minimum Gasteiger partial charge on any atom is -0.298 e. The van der Waals surface area contributed by atoms with Crippen LogP contribution in [0.4, 0.5) is 0 Å². The molecule has 0 bridgehead atoms. The summed E-state index contributed by atoms with van der Waals surface area (Å²) in [5.74, 6) is 0. The second kappa shape index (κ2) is 3.90. The molecule has 78 valence electrons. The summed E-state index contributed by atoms with van der Waals surface area (Å²) in [4.78, 5) is 2.52. The van der Waals surface area contributed by atoms with Gasteiger partial charge in [-0.1, -0.05) is 19.8 Å². The van der Waals surface area contributed by atoms with Crippen molar-refractivity contribution in [1.29, 1.82) is 5.26 Å². The molecular weight excluding hydrogens is 172 g/mol. The van der Waals surface area contributed by atoms with Crippen LogP contribution in [0.2, 0.25) is 0 Å². The van der Waals surface area contributed by atoms with Crippen molar-refractivity contribution < 1.29 is 0 Å². The first-order chi connectivity index (χ1) is 6.79. The Balaban J connectivity index is 1.83. The molecule has 1 unspecified atom stereocenters. The topological polar surface area (TPSA) is 27.0 Å². The summed E-state index contributed by atoms with van der Waals surface area (Å²) in [7, 11) is 0. The predicted octanol–water partition coefficient (Wildman–Crippen LogP) is 2.55. The fourth-order valence-corrected chi connectivity index (χ4v) is 3.15. The van der Waals surface area contributed by atoms with Gasteiger partial charge in [-0.2, -0.15) is 5.26 Å². The summed E-state index contributed by atoms with van der Waals surface area (Å²) in [5, 5.41) is 8.72. The van der Waals surface area contributed by atoms with Crippen LogP contribution in [0.15, 0.2) is 0 Å². The molecule has 2 rings (SSSR count). The van der Waals surface area contributed by atoms with E-state index in [1.165, 1.54) is 38.8 Å². The fraction of sp³-hybridized carbons (Fsp3) is 0.917. The van der Waals surface area contributed by atoms with Crippen LogP contribution in [0.1, 0.15) is 45.4 Å². The molecule has 0 aromatic rings. The van der Waals surface area contributed by atoms with Gasteiger partial charge < -0.3 is 0 Å². The summed E-state index contributed by atoms with van der Waals surface area (Å²) in [6.07, 6.45) is 7.58. The van der Waals surface area contributed by atoms with E-state index in [1.54, 1.807) is 0 Å². The number of hydrogen-bond donors (Lipinski definition) is 0. The van der Waals surface area contributed by atoms with Crippen molar-refractivity contribution >= 4 is 0 Å². The molecule has 1 spiro atoms. The Bertz CT molecular complexity index is 227. The van der Waals surface area contributed by atoms with E-state index in [2.05, 4.69) is 17.9 Å². The van der Waals surface area contributed by atoms with Gasteiger partial charge in [-0.05, 0) is 24.7 Å². The first-order valence-corrected chi connectivity index (χ1v) is 5.91. The smallest absolute Gasteiger partial charge is 0.0638 e. The van der Waals surface area contributed by atoms with Crippen molar-refractivity contribution in [2.45, 2.75) is 51.5 Å². The molecule has 2 fully saturated rings. The van der Waals surface area contributed by atoms with Crippen molar-refractivity contribution in [1.82, 2.24) is 4.90 Å². The summed E-state index contributed by atoms with van der Waals surface area (Å²) in [6, 6.07) is 2.84. The number of hydrogen-bond acceptors (Lipinski definition) is 2. The van der Waals surface area contributed by atoms with Gasteiger partial charge in [0.15, 0.2) is 0 Å². The number of nitrogens with zero attached hydrogens (tertiary/aromatic N) is 2. The molecule has 2 heteroatoms. The van der Waals surface area contributed by atoms with Gasteiger partial charge in [0, 0.05) is 19.1 Å². The summed E-state index contributed by atoms with van der Waals surface area (Å²) >= 11 is 0. The van der Waals surface area contributed by atoms with Gasteiger partial charge in [-0.3, -0.25) is 4.90 Å². The average molecular weight is 192 g/mol. The molecule has 0 radical (unpaired) electrons. The minimum atomic E-state index is 0.534. The van der Waals surface area contributed by atoms with Crippen molar-refractivity contribution in [3.05, 3.63) is 0 Å². The van der Waals surface area contributed by atoms with Crippen LogP contribution in [0.3, 0.4) is 0 Å². The predicted molar refractivity (Wildman–Crippen MR) is 56.8 cm³/mol. The molecule has 0 amide bonds. The number of nitriles is 1. The molecule has 0 aromatic heterocycles. The van der Waals surface area contributed by atoms with E-state index in [0.29, 0.717) is 17.9 Å². The number of likely N-dealkylation sites (tertiary alicyclic amines) is 1. The molecule has 1 aliphatic carbocycles. The first-order valence-electron chi connectivity index (χ1n) is 5.91. The normalized spacial score (nSPS) is 27.1. The maximum atomic E-state index is 8.72. The molecule has 2 nitrogen and oxygen atoms in total. The molecule has 1 atom stereocenters. The maximum Gasteiger partial charge on any atom is 0.0638 e. The van der Waals surface area contributed by atoms with Gasteiger partial charge in [0.2, 0.25) is 0 Å². The Hall–Kier alpha value is -0.550. The molecule has 1 aliphatic heterocycles. The van der Waals surface area contributed by atoms with E-state index in [-0.39, 0.29) is 0 Å². The fourth-order valence-electron chi connectivity index (χ4n) is 3.15. The van der Waals surface area contributed by atoms with Gasteiger partial charge >= 0.3 is 0 Å². The summed E-state index contributed by atoms with van der Waals surface area (Å²) in [6.45, 7) is 4.74. The van der Waals surface area contributed by atoms with Crippen LogP contribution in [-0.4, -0.2) is 24.0 Å². The zero-order valence-electron chi connectivity index (χ0n) is 9.13. The quantitative estimate of drug-likeness (QED) is 0.687. The van der Waals surface area contributed by atoms with Gasteiger partial charge in [0.25, 0.3) is 0 Å². The largest absolute Gasteiger partial charge is 0.298 e. The highest BCUT2D eigenvalue weighted by molar-refractivity contribution is 5.00. The zero-order chi connectivity index (χ0) is 10.0. The van der Waals surface area contributed by atoms with Gasteiger partial charge in [0.1, 0.15) is 0 Å². The van der Waals surface area contributed by atoms with Crippen LogP contribution in [0, 0.1) is 16.7 Å². The molecule has 2 aliphatic rings. The monoisotopic (exact) mass is 192 g/mol. The highest BCUT2D eigenvalue weighted by atomic mass is 15.2. The molecule has 1 heterocycles. The van der Waals surface area contributed by atoms with Crippen LogP contribution in [0.25, 0.3) is 0 Å². The molecule has 14 heavy (non-hydrogen) atoms. The van der Waals surface area contributed by atoms with Gasteiger partial charge in [0.05, 0.1) is 12.5 Å². The molecule has 0 aromatic carbocycles. The first kappa shape index (κ1) is 9.98. The summed E-state index contributed by atoms with van der Waals surface area (Å²) in [5.41, 5.74) is 0.683. The van der Waals surface area contributed by atoms with Crippen molar-refractivity contribution in [2.75, 3.05) is 13.1 Å². The molecule has 1 saturated carbocycles. The SMILES string of the molecule is CCC(CC#N)N1CC2(CCCC2)C1. The third-order valence-corrected chi connectivity index (χ3v) is 4.06. The van der Waals surface area contributed by atoms with Crippen LogP contribution in [-0.2, 0) is 0 Å². The van der Waals surface area contributed by atoms with Crippen LogP contribution >= 0.6 is 0 Å². The Morgan fingerprint density at radius 1 is 1.36 bits per heavy atom. The zero-order valence-corrected chi connectivity index (χ0v) is 9.13. The van der Waals surface area contributed by atoms with E-state index in [0.717, 1.165) is 6.42 Å². The van der Waals surface area contributed by atoms with E-state index in [1.807, 2.05) is 0 Å². The standard InChI is InChI=1S/C12H20N2/c1-2-11(5-8-13)14-9-12(10-14)6-3-4-7-12/h11H,2-7,9-10H2,1H3. The Morgan fingerprint density at radius 3 is 2.50 bits per heavy atom. The van der Waals surface area contributed by atoms with Crippen LogP contribution in [0.5, 0.6) is 0 Å². The van der Waals surface area contributed by atoms with Crippen molar-refractivity contribution in [2.24, 2.45) is 5.41 Å². The van der Waals surface area contributed by atoms with E-state index < -0.39 is 0 Å². The lowest BCUT2D eigenvalue weighted by Crippen LogP contribution is -2.58. The lowest BCUT2D eigenvalue weighted by molar-refractivity contribution is -0.0266. The Kier molecular flexibility index (Phi) is 2.78. The summed E-state index contributed by atoms with van der Waals surface area (Å²) < 4.78 is 0. The Labute approximate surface area is 86.9 Å². The van der Waals surface area contributed by atoms with Crippen LogP contribution < -0.4 is 0 Å². The number of rotatable bonds is 3. The van der Waals surface area contributed by atoms with E-state index in [4.69, 9.17) is 5.26 Å².